The maximum atomic E-state index is 12.5. The molecule has 14 heavy (non-hydrogen) atoms. The molecule has 0 radical (unpaired) electrons. The van der Waals surface area contributed by atoms with E-state index in [-0.39, 0.29) is 5.56 Å². The molecule has 1 N–H and O–H groups in total. The van der Waals surface area contributed by atoms with E-state index in [0.717, 1.165) is 11.3 Å². The summed E-state index contributed by atoms with van der Waals surface area (Å²) < 4.78 is 37.6. The van der Waals surface area contributed by atoms with Crippen LogP contribution in [0.2, 0.25) is 0 Å². The van der Waals surface area contributed by atoms with Gasteiger partial charge in [-0.3, -0.25) is 0 Å². The smallest absolute Gasteiger partial charge is 0.421 e. The third-order valence-corrected chi connectivity index (χ3v) is 2.64. The van der Waals surface area contributed by atoms with Crippen molar-refractivity contribution in [2.45, 2.75) is 32.4 Å². The quantitative estimate of drug-likeness (QED) is 0.711. The van der Waals surface area contributed by atoms with E-state index < -0.39 is 22.2 Å². The number of rotatable bonds is 0. The van der Waals surface area contributed by atoms with Gasteiger partial charge in [0.05, 0.1) is 0 Å². The number of alkyl halides is 3. The van der Waals surface area contributed by atoms with Gasteiger partial charge in [0.1, 0.15) is 5.56 Å². The van der Waals surface area contributed by atoms with Crippen LogP contribution in [-0.2, 0) is 11.6 Å². The first kappa shape index (κ1) is 11.4. The highest BCUT2D eigenvalue weighted by molar-refractivity contribution is 7.12. The van der Waals surface area contributed by atoms with Crippen molar-refractivity contribution >= 4 is 11.3 Å². The maximum Gasteiger partial charge on any atom is 0.421 e. The van der Waals surface area contributed by atoms with Crippen molar-refractivity contribution < 1.29 is 18.3 Å². The van der Waals surface area contributed by atoms with Crippen molar-refractivity contribution in [3.8, 4) is 5.06 Å². The van der Waals surface area contributed by atoms with Crippen molar-refractivity contribution in [1.82, 2.24) is 0 Å². The van der Waals surface area contributed by atoms with E-state index in [2.05, 4.69) is 0 Å². The lowest BCUT2D eigenvalue weighted by Gasteiger charge is -2.20. The maximum absolute atomic E-state index is 12.5. The summed E-state index contributed by atoms with van der Waals surface area (Å²) in [6.07, 6.45) is -4.48. The van der Waals surface area contributed by atoms with Crippen LogP contribution in [0.25, 0.3) is 0 Å². The SMILES string of the molecule is CC(C)(C)c1csc(O)c1C(F)(F)F. The summed E-state index contributed by atoms with van der Waals surface area (Å²) in [5.74, 6) is 0. The topological polar surface area (TPSA) is 20.2 Å². The Balaban J connectivity index is 3.35. The van der Waals surface area contributed by atoms with E-state index in [1.54, 1.807) is 20.8 Å². The average molecular weight is 224 g/mol. The molecule has 0 aliphatic rings. The van der Waals surface area contributed by atoms with Gasteiger partial charge in [-0.1, -0.05) is 20.8 Å². The molecular weight excluding hydrogens is 213 g/mol. The molecule has 0 unspecified atom stereocenters. The van der Waals surface area contributed by atoms with Crippen LogP contribution in [0.5, 0.6) is 5.06 Å². The van der Waals surface area contributed by atoms with Gasteiger partial charge in [-0.05, 0) is 16.4 Å². The van der Waals surface area contributed by atoms with Crippen LogP contribution in [0.1, 0.15) is 31.9 Å². The normalized spacial score (nSPS) is 13.3. The van der Waals surface area contributed by atoms with Crippen LogP contribution in [0.3, 0.4) is 0 Å². The minimum atomic E-state index is -4.48. The summed E-state index contributed by atoms with van der Waals surface area (Å²) >= 11 is 0.720. The molecule has 0 spiro atoms. The fourth-order valence-corrected chi connectivity index (χ4v) is 2.22. The second kappa shape index (κ2) is 3.15. The van der Waals surface area contributed by atoms with Crippen molar-refractivity contribution in [2.75, 3.05) is 0 Å². The van der Waals surface area contributed by atoms with Crippen LogP contribution >= 0.6 is 11.3 Å². The number of halogens is 3. The first-order valence-electron chi connectivity index (χ1n) is 4.02. The number of hydrogen-bond donors (Lipinski definition) is 1. The first-order chi connectivity index (χ1) is 6.14. The molecule has 0 atom stereocenters. The third kappa shape index (κ3) is 2.03. The number of aromatic hydroxyl groups is 1. The molecule has 0 saturated carbocycles. The number of hydrogen-bond acceptors (Lipinski definition) is 2. The van der Waals surface area contributed by atoms with Gasteiger partial charge in [0.2, 0.25) is 0 Å². The molecule has 1 aromatic heterocycles. The van der Waals surface area contributed by atoms with Gasteiger partial charge in [-0.2, -0.15) is 13.2 Å². The minimum absolute atomic E-state index is 0.146. The van der Waals surface area contributed by atoms with Gasteiger partial charge < -0.3 is 5.11 Å². The molecule has 80 valence electrons. The fraction of sp³-hybridized carbons (Fsp3) is 0.556. The summed E-state index contributed by atoms with van der Waals surface area (Å²) in [6, 6.07) is 0. The molecule has 0 amide bonds. The molecule has 1 heterocycles. The molecule has 5 heteroatoms. The van der Waals surface area contributed by atoms with Crippen molar-refractivity contribution in [1.29, 1.82) is 0 Å². The molecule has 0 bridgehead atoms. The molecule has 0 aromatic carbocycles. The summed E-state index contributed by atoms with van der Waals surface area (Å²) in [7, 11) is 0. The van der Waals surface area contributed by atoms with Gasteiger partial charge in [0.25, 0.3) is 0 Å². The zero-order valence-electron chi connectivity index (χ0n) is 8.07. The summed E-state index contributed by atoms with van der Waals surface area (Å²) in [6.45, 7) is 5.05. The zero-order chi connectivity index (χ0) is 11.1. The fourth-order valence-electron chi connectivity index (χ4n) is 1.17. The highest BCUT2D eigenvalue weighted by Crippen LogP contribution is 2.45. The van der Waals surface area contributed by atoms with Gasteiger partial charge in [-0.15, -0.1) is 11.3 Å². The summed E-state index contributed by atoms with van der Waals surface area (Å²) in [5, 5.41) is 9.84. The molecule has 1 nitrogen and oxygen atoms in total. The monoisotopic (exact) mass is 224 g/mol. The predicted octanol–water partition coefficient (Wildman–Crippen LogP) is 3.77. The molecule has 0 saturated heterocycles. The van der Waals surface area contributed by atoms with Crippen LogP contribution < -0.4 is 0 Å². The molecule has 1 aromatic rings. The average Bonchev–Trinajstić information content (AvgIpc) is 2.27. The van der Waals surface area contributed by atoms with E-state index >= 15 is 0 Å². The van der Waals surface area contributed by atoms with Crippen molar-refractivity contribution in [3.63, 3.8) is 0 Å². The van der Waals surface area contributed by atoms with Crippen LogP contribution in [0.4, 0.5) is 13.2 Å². The second-order valence-electron chi connectivity index (χ2n) is 4.08. The van der Waals surface area contributed by atoms with Crippen molar-refractivity contribution in [2.24, 2.45) is 0 Å². The second-order valence-corrected chi connectivity index (χ2v) is 4.94. The van der Waals surface area contributed by atoms with Crippen LogP contribution in [0.15, 0.2) is 5.38 Å². The van der Waals surface area contributed by atoms with E-state index in [9.17, 15) is 13.2 Å². The van der Waals surface area contributed by atoms with E-state index in [4.69, 9.17) is 5.11 Å². The molecule has 1 rings (SSSR count). The van der Waals surface area contributed by atoms with Gasteiger partial charge >= 0.3 is 6.18 Å². The Bertz CT molecular complexity index is 333. The largest absolute Gasteiger partial charge is 0.499 e. The highest BCUT2D eigenvalue weighted by Gasteiger charge is 2.40. The van der Waals surface area contributed by atoms with E-state index in [0.29, 0.717) is 0 Å². The predicted molar refractivity (Wildman–Crippen MR) is 49.7 cm³/mol. The van der Waals surface area contributed by atoms with E-state index in [1.165, 1.54) is 5.38 Å². The Labute approximate surface area is 84.2 Å². The van der Waals surface area contributed by atoms with E-state index in [1.807, 2.05) is 0 Å². The lowest BCUT2D eigenvalue weighted by molar-refractivity contribution is -0.139. The minimum Gasteiger partial charge on any atom is -0.499 e. The van der Waals surface area contributed by atoms with Gasteiger partial charge in [0.15, 0.2) is 5.06 Å². The number of thiophene rings is 1. The molecule has 0 aliphatic heterocycles. The Morgan fingerprint density at radius 2 is 1.71 bits per heavy atom. The first-order valence-corrected chi connectivity index (χ1v) is 4.90. The Hall–Kier alpha value is -0.710. The molecule has 0 fully saturated rings. The lowest BCUT2D eigenvalue weighted by Crippen LogP contribution is -2.17. The van der Waals surface area contributed by atoms with Gasteiger partial charge in [-0.25, -0.2) is 0 Å². The Kier molecular flexibility index (Phi) is 2.56. The standard InChI is InChI=1S/C9H11F3OS/c1-8(2,3)5-4-14-7(13)6(5)9(10,11)12/h4,13H,1-3H3. The summed E-state index contributed by atoms with van der Waals surface area (Å²) in [4.78, 5) is 0. The van der Waals surface area contributed by atoms with Crippen LogP contribution in [0, 0.1) is 0 Å². The highest BCUT2D eigenvalue weighted by atomic mass is 32.1. The molecular formula is C9H11F3OS. The van der Waals surface area contributed by atoms with Gasteiger partial charge in [0, 0.05) is 0 Å². The Morgan fingerprint density at radius 3 is 2.00 bits per heavy atom. The summed E-state index contributed by atoms with van der Waals surface area (Å²) in [5.41, 5.74) is -1.36. The van der Waals surface area contributed by atoms with Crippen LogP contribution in [-0.4, -0.2) is 5.11 Å². The third-order valence-electron chi connectivity index (χ3n) is 1.86. The molecule has 0 aliphatic carbocycles. The lowest BCUT2D eigenvalue weighted by atomic mass is 9.86. The Morgan fingerprint density at radius 1 is 1.21 bits per heavy atom. The zero-order valence-corrected chi connectivity index (χ0v) is 8.88. The van der Waals surface area contributed by atoms with Crippen molar-refractivity contribution in [3.05, 3.63) is 16.5 Å².